The summed E-state index contributed by atoms with van der Waals surface area (Å²) >= 11 is 7.47. The van der Waals surface area contributed by atoms with Crippen LogP contribution in [0.25, 0.3) is 0 Å². The van der Waals surface area contributed by atoms with Gasteiger partial charge in [0.05, 0.1) is 17.2 Å². The van der Waals surface area contributed by atoms with Crippen molar-refractivity contribution in [2.75, 3.05) is 20.3 Å². The van der Waals surface area contributed by atoms with E-state index in [0.29, 0.717) is 35.9 Å². The van der Waals surface area contributed by atoms with E-state index in [1.165, 1.54) is 31.4 Å². The highest BCUT2D eigenvalue weighted by molar-refractivity contribution is 7.11. The summed E-state index contributed by atoms with van der Waals surface area (Å²) in [6.45, 7) is 2.05. The minimum absolute atomic E-state index is 0.0605. The lowest BCUT2D eigenvalue weighted by molar-refractivity contribution is -0.148. The number of nitrogens with zero attached hydrogens (tertiary/aromatic N) is 2. The number of aliphatic carboxylic acids is 1. The standard InChI is InChI=1S/C26H29ClF2N4O5S/c1-13(34)38-16(12-37-2)11-31-15-5-3-14(4-6-15)22-19(26(35)36)23(17-7-8-18(28)21(29)20(17)27)33-24(32-22)25-30-9-10-39-25/h7-10,14-16,23,31H,3-6,11-12H2,1-2H3,(H,32,33)(H,35,36). The van der Waals surface area contributed by atoms with Crippen LogP contribution in [0.1, 0.15) is 49.2 Å². The number of amidine groups is 1. The van der Waals surface area contributed by atoms with Crippen LogP contribution in [-0.2, 0) is 19.1 Å². The first kappa shape index (κ1) is 29.1. The average Bonchev–Trinajstić information content (AvgIpc) is 3.45. The number of hydrogen-bond donors (Lipinski definition) is 3. The molecule has 0 radical (unpaired) electrons. The number of carbonyl (C=O) groups excluding carboxylic acids is 1. The Labute approximate surface area is 233 Å². The van der Waals surface area contributed by atoms with E-state index in [-0.39, 0.29) is 35.7 Å². The molecule has 1 fully saturated rings. The summed E-state index contributed by atoms with van der Waals surface area (Å²) < 4.78 is 38.6. The quantitative estimate of drug-likeness (QED) is 0.281. The second-order valence-corrected chi connectivity index (χ2v) is 10.7. The van der Waals surface area contributed by atoms with Crippen molar-refractivity contribution in [3.05, 3.63) is 62.2 Å². The maximum Gasteiger partial charge on any atom is 0.335 e. The van der Waals surface area contributed by atoms with Crippen molar-refractivity contribution in [2.24, 2.45) is 10.9 Å². The van der Waals surface area contributed by atoms with Gasteiger partial charge in [0.15, 0.2) is 22.5 Å². The van der Waals surface area contributed by atoms with Crippen LogP contribution in [0.2, 0.25) is 5.02 Å². The van der Waals surface area contributed by atoms with Crippen LogP contribution in [0.5, 0.6) is 0 Å². The van der Waals surface area contributed by atoms with Crippen LogP contribution in [0, 0.1) is 17.6 Å². The number of hydrogen-bond acceptors (Lipinski definition) is 9. The van der Waals surface area contributed by atoms with Gasteiger partial charge in [0.1, 0.15) is 12.1 Å². The number of allylic oxidation sites excluding steroid dienone is 1. The predicted molar refractivity (Wildman–Crippen MR) is 142 cm³/mol. The van der Waals surface area contributed by atoms with Crippen LogP contribution in [-0.4, -0.2) is 60.3 Å². The molecule has 3 N–H and O–H groups in total. The maximum absolute atomic E-state index is 14.4. The Morgan fingerprint density at radius 3 is 2.64 bits per heavy atom. The van der Waals surface area contributed by atoms with Crippen LogP contribution in [0.4, 0.5) is 8.78 Å². The zero-order chi connectivity index (χ0) is 28.1. The van der Waals surface area contributed by atoms with Gasteiger partial charge in [0.2, 0.25) is 0 Å². The average molecular weight is 583 g/mol. The Morgan fingerprint density at radius 1 is 1.28 bits per heavy atom. The molecule has 2 aliphatic rings. The van der Waals surface area contributed by atoms with E-state index in [2.05, 4.69) is 20.6 Å². The first-order chi connectivity index (χ1) is 18.7. The molecule has 1 aliphatic heterocycles. The third-order valence-corrected chi connectivity index (χ3v) is 7.92. The Morgan fingerprint density at radius 2 is 2.03 bits per heavy atom. The Bertz CT molecular complexity index is 1270. The normalized spacial score (nSPS) is 22.2. The summed E-state index contributed by atoms with van der Waals surface area (Å²) in [6, 6.07) is 1.16. The molecule has 1 aliphatic carbocycles. The van der Waals surface area contributed by atoms with E-state index in [9.17, 15) is 23.5 Å². The molecule has 0 spiro atoms. The molecule has 0 saturated heterocycles. The van der Waals surface area contributed by atoms with Gasteiger partial charge in [-0.3, -0.25) is 9.79 Å². The SMILES string of the molecule is COCC(CNC1CCC(C2=C(C(=O)O)C(c3ccc(F)c(F)c3Cl)N=C(c3nccs3)N2)CC1)OC(C)=O. The molecule has 4 rings (SSSR count). The fourth-order valence-corrected chi connectivity index (χ4v) is 5.83. The number of nitrogens with one attached hydrogen (secondary N) is 2. The minimum Gasteiger partial charge on any atom is -0.478 e. The maximum atomic E-state index is 14.4. The number of halogens is 3. The summed E-state index contributed by atoms with van der Waals surface area (Å²) in [5.74, 6) is -3.80. The molecule has 39 heavy (non-hydrogen) atoms. The molecule has 9 nitrogen and oxygen atoms in total. The largest absolute Gasteiger partial charge is 0.478 e. The van der Waals surface area contributed by atoms with Crippen LogP contribution in [0.15, 0.2) is 40.0 Å². The zero-order valence-electron chi connectivity index (χ0n) is 21.4. The second kappa shape index (κ2) is 12.9. The summed E-state index contributed by atoms with van der Waals surface area (Å²) in [5.41, 5.74) is 0.463. The lowest BCUT2D eigenvalue weighted by Gasteiger charge is -2.35. The van der Waals surface area contributed by atoms with Crippen LogP contribution >= 0.6 is 22.9 Å². The number of carbonyl (C=O) groups is 2. The van der Waals surface area contributed by atoms with Crippen LogP contribution in [0.3, 0.4) is 0 Å². The number of aliphatic imine (C=N–C) groups is 1. The number of methoxy groups -OCH3 is 1. The van der Waals surface area contributed by atoms with Crippen molar-refractivity contribution in [1.82, 2.24) is 15.6 Å². The fourth-order valence-electron chi connectivity index (χ4n) is 4.99. The second-order valence-electron chi connectivity index (χ2n) is 9.38. The highest BCUT2D eigenvalue weighted by atomic mass is 35.5. The number of carboxylic acids is 1. The highest BCUT2D eigenvalue weighted by Gasteiger charge is 2.37. The van der Waals surface area contributed by atoms with Gasteiger partial charge in [-0.15, -0.1) is 11.3 Å². The van der Waals surface area contributed by atoms with Gasteiger partial charge in [0, 0.05) is 49.5 Å². The topological polar surface area (TPSA) is 122 Å². The molecule has 2 unspecified atom stereocenters. The van der Waals surface area contributed by atoms with Gasteiger partial charge >= 0.3 is 11.9 Å². The number of rotatable bonds is 10. The molecule has 2 atom stereocenters. The fraction of sp³-hybridized carbons (Fsp3) is 0.462. The van der Waals surface area contributed by atoms with Gasteiger partial charge in [-0.2, -0.15) is 0 Å². The molecule has 210 valence electrons. The summed E-state index contributed by atoms with van der Waals surface area (Å²) in [5, 5.41) is 18.7. The van der Waals surface area contributed by atoms with Gasteiger partial charge in [-0.05, 0) is 37.7 Å². The molecular formula is C26H29ClF2N4O5S. The van der Waals surface area contributed by atoms with Crippen LogP contribution < -0.4 is 10.6 Å². The van der Waals surface area contributed by atoms with Gasteiger partial charge in [-0.1, -0.05) is 17.7 Å². The van der Waals surface area contributed by atoms with Crippen molar-refractivity contribution in [1.29, 1.82) is 0 Å². The summed E-state index contributed by atoms with van der Waals surface area (Å²) in [7, 11) is 1.54. The Hall–Kier alpha value is -2.93. The lowest BCUT2D eigenvalue weighted by Crippen LogP contribution is -2.43. The van der Waals surface area contributed by atoms with Gasteiger partial charge < -0.3 is 25.2 Å². The monoisotopic (exact) mass is 582 g/mol. The van der Waals surface area contributed by atoms with Gasteiger partial charge in [-0.25, -0.2) is 18.6 Å². The summed E-state index contributed by atoms with van der Waals surface area (Å²) in [4.78, 5) is 32.8. The van der Waals surface area contributed by atoms with Crippen molar-refractivity contribution >= 4 is 40.7 Å². The minimum atomic E-state index is -1.25. The van der Waals surface area contributed by atoms with Crippen molar-refractivity contribution in [2.45, 2.75) is 50.8 Å². The molecule has 1 aromatic carbocycles. The number of esters is 1. The molecule has 1 aromatic heterocycles. The van der Waals surface area contributed by atoms with Crippen molar-refractivity contribution < 1.29 is 33.0 Å². The van der Waals surface area contributed by atoms with Crippen molar-refractivity contribution in [3.63, 3.8) is 0 Å². The molecule has 2 heterocycles. The third kappa shape index (κ3) is 6.81. The molecule has 1 saturated carbocycles. The predicted octanol–water partition coefficient (Wildman–Crippen LogP) is 4.23. The van der Waals surface area contributed by atoms with E-state index in [1.807, 2.05) is 0 Å². The number of carboxylic acid groups (broad SMARTS) is 1. The lowest BCUT2D eigenvalue weighted by atomic mass is 9.80. The molecule has 13 heteroatoms. The molecule has 0 amide bonds. The molecule has 0 bridgehead atoms. The Balaban J connectivity index is 1.59. The van der Waals surface area contributed by atoms with E-state index in [0.717, 1.165) is 18.9 Å². The van der Waals surface area contributed by atoms with E-state index < -0.39 is 34.8 Å². The smallest absolute Gasteiger partial charge is 0.335 e. The Kier molecular flexibility index (Phi) is 9.65. The highest BCUT2D eigenvalue weighted by Crippen LogP contribution is 2.41. The zero-order valence-corrected chi connectivity index (χ0v) is 23.0. The van der Waals surface area contributed by atoms with Gasteiger partial charge in [0.25, 0.3) is 0 Å². The first-order valence-corrected chi connectivity index (χ1v) is 13.7. The summed E-state index contributed by atoms with van der Waals surface area (Å²) in [6.07, 6.45) is 3.98. The molecule has 2 aromatic rings. The number of thiazole rings is 1. The van der Waals surface area contributed by atoms with Crippen molar-refractivity contribution in [3.8, 4) is 0 Å². The third-order valence-electron chi connectivity index (χ3n) is 6.75. The number of benzene rings is 1. The number of aromatic nitrogens is 1. The number of ether oxygens (including phenoxy) is 2. The molecular weight excluding hydrogens is 554 g/mol. The first-order valence-electron chi connectivity index (χ1n) is 12.4. The van der Waals surface area contributed by atoms with E-state index >= 15 is 0 Å². The van der Waals surface area contributed by atoms with E-state index in [1.54, 1.807) is 11.6 Å². The van der Waals surface area contributed by atoms with E-state index in [4.69, 9.17) is 21.1 Å².